The molecule has 1 amide bonds. The Morgan fingerprint density at radius 3 is 2.36 bits per heavy atom. The van der Waals surface area contributed by atoms with E-state index in [1.165, 1.54) is 11.1 Å². The van der Waals surface area contributed by atoms with Gasteiger partial charge in [-0.2, -0.15) is 24.5 Å². The van der Waals surface area contributed by atoms with Gasteiger partial charge in [0, 0.05) is 45.1 Å². The molecule has 1 atom stereocenters. The van der Waals surface area contributed by atoms with Gasteiger partial charge in [-0.25, -0.2) is 4.79 Å². The van der Waals surface area contributed by atoms with Gasteiger partial charge in [-0.3, -0.25) is 9.69 Å². The van der Waals surface area contributed by atoms with Crippen molar-refractivity contribution in [3.63, 3.8) is 0 Å². The third-order valence-corrected chi connectivity index (χ3v) is 7.91. The Bertz CT molecular complexity index is 1030. The van der Waals surface area contributed by atoms with Gasteiger partial charge in [0.2, 0.25) is 5.91 Å². The number of nitrogens with zero attached hydrogens (tertiary/aromatic N) is 2. The third kappa shape index (κ3) is 6.59. The lowest BCUT2D eigenvalue weighted by Crippen LogP contribution is -2.50. The van der Waals surface area contributed by atoms with Gasteiger partial charge in [0.25, 0.3) is 0 Å². The standard InChI is InChI=1S/C24H30N2O2S.C2HF3O2/c27-23(26-10-3-4-11-26)15-20-16-24(28-22-6-2-1-5-21(20)22)8-12-25(13-9-24)17-19-7-14-29-18-19;3-2(4,5)1(6)7/h1-2,5-7,14,18,20H,3-4,8-13,15-17H2;(H,6,7). The number of para-hydroxylation sites is 1. The molecular formula is C26H31F3N2O4S. The summed E-state index contributed by atoms with van der Waals surface area (Å²) in [6, 6.07) is 10.6. The number of hydrogen-bond acceptors (Lipinski definition) is 5. The van der Waals surface area contributed by atoms with E-state index >= 15 is 0 Å². The molecule has 1 aromatic heterocycles. The van der Waals surface area contributed by atoms with Crippen molar-refractivity contribution in [2.24, 2.45) is 0 Å². The van der Waals surface area contributed by atoms with Gasteiger partial charge >= 0.3 is 12.1 Å². The quantitative estimate of drug-likeness (QED) is 0.588. The molecule has 10 heteroatoms. The molecule has 2 aromatic rings. The lowest BCUT2D eigenvalue weighted by Gasteiger charge is -2.47. The fourth-order valence-corrected chi connectivity index (χ4v) is 5.96. The molecule has 1 spiro atoms. The van der Waals surface area contributed by atoms with Crippen LogP contribution in [-0.2, 0) is 16.1 Å². The van der Waals surface area contributed by atoms with Crippen LogP contribution in [0.2, 0.25) is 0 Å². The molecule has 4 heterocycles. The van der Waals surface area contributed by atoms with Crippen LogP contribution in [-0.4, -0.2) is 64.7 Å². The summed E-state index contributed by atoms with van der Waals surface area (Å²) < 4.78 is 38.4. The highest BCUT2D eigenvalue weighted by Gasteiger charge is 2.44. The maximum Gasteiger partial charge on any atom is 0.490 e. The number of carboxylic acid groups (broad SMARTS) is 1. The van der Waals surface area contributed by atoms with Crippen LogP contribution in [0.5, 0.6) is 5.75 Å². The Morgan fingerprint density at radius 1 is 1.08 bits per heavy atom. The zero-order valence-corrected chi connectivity index (χ0v) is 20.8. The average molecular weight is 525 g/mol. The fourth-order valence-electron chi connectivity index (χ4n) is 5.30. The van der Waals surface area contributed by atoms with Gasteiger partial charge in [-0.05, 0) is 66.1 Å². The van der Waals surface area contributed by atoms with E-state index in [4.69, 9.17) is 14.6 Å². The molecule has 1 N–H and O–H groups in total. The zero-order valence-electron chi connectivity index (χ0n) is 20.0. The number of ether oxygens (including phenoxy) is 1. The number of piperidine rings is 1. The van der Waals surface area contributed by atoms with E-state index < -0.39 is 12.1 Å². The van der Waals surface area contributed by atoms with Crippen LogP contribution in [0, 0.1) is 0 Å². The number of carbonyl (C=O) groups excluding carboxylic acids is 1. The SMILES string of the molecule is O=C(CC1CC2(CCN(Cc3ccsc3)CC2)Oc2ccccc21)N1CCCC1.O=C(O)C(F)(F)F. The van der Waals surface area contributed by atoms with E-state index in [0.29, 0.717) is 12.3 Å². The van der Waals surface area contributed by atoms with E-state index in [2.05, 4.69) is 50.9 Å². The second-order valence-corrected chi connectivity index (χ2v) is 10.5. The summed E-state index contributed by atoms with van der Waals surface area (Å²) in [4.78, 5) is 26.4. The van der Waals surface area contributed by atoms with Crippen molar-refractivity contribution in [3.05, 3.63) is 52.2 Å². The smallest absolute Gasteiger partial charge is 0.487 e. The van der Waals surface area contributed by atoms with Gasteiger partial charge in [-0.15, -0.1) is 0 Å². The molecule has 1 unspecified atom stereocenters. The van der Waals surface area contributed by atoms with Crippen LogP contribution in [0.25, 0.3) is 0 Å². The lowest BCUT2D eigenvalue weighted by molar-refractivity contribution is -0.192. The van der Waals surface area contributed by atoms with E-state index in [9.17, 15) is 18.0 Å². The number of carboxylic acids is 1. The first-order valence-corrected chi connectivity index (χ1v) is 13.2. The number of thiophene rings is 1. The Morgan fingerprint density at radius 2 is 1.75 bits per heavy atom. The molecule has 196 valence electrons. The van der Waals surface area contributed by atoms with Gasteiger partial charge in [0.15, 0.2) is 0 Å². The van der Waals surface area contributed by atoms with Crippen LogP contribution >= 0.6 is 11.3 Å². The molecule has 5 rings (SSSR count). The third-order valence-electron chi connectivity index (χ3n) is 7.18. The van der Waals surface area contributed by atoms with Crippen LogP contribution in [0.3, 0.4) is 0 Å². The van der Waals surface area contributed by atoms with Crippen LogP contribution in [0.15, 0.2) is 41.1 Å². The van der Waals surface area contributed by atoms with Crippen LogP contribution in [0.1, 0.15) is 55.6 Å². The highest BCUT2D eigenvalue weighted by molar-refractivity contribution is 7.07. The number of likely N-dealkylation sites (tertiary alicyclic amines) is 2. The Kier molecular flexibility index (Phi) is 8.24. The highest BCUT2D eigenvalue weighted by Crippen LogP contribution is 2.46. The minimum atomic E-state index is -5.08. The molecule has 0 aliphatic carbocycles. The van der Waals surface area contributed by atoms with Crippen molar-refractivity contribution in [1.82, 2.24) is 9.80 Å². The molecule has 1 aromatic carbocycles. The monoisotopic (exact) mass is 524 g/mol. The molecule has 6 nitrogen and oxygen atoms in total. The minimum absolute atomic E-state index is 0.116. The Balaban J connectivity index is 0.000000384. The second kappa shape index (κ2) is 11.2. The summed E-state index contributed by atoms with van der Waals surface area (Å²) in [6.45, 7) is 5.03. The first-order valence-electron chi connectivity index (χ1n) is 12.2. The molecule has 0 radical (unpaired) electrons. The average Bonchev–Trinajstić information content (AvgIpc) is 3.55. The van der Waals surface area contributed by atoms with Gasteiger partial charge < -0.3 is 14.7 Å². The number of aliphatic carboxylic acids is 1. The predicted octanol–water partition coefficient (Wildman–Crippen LogP) is 5.29. The number of alkyl halides is 3. The Hall–Kier alpha value is -2.59. The molecule has 2 saturated heterocycles. The highest BCUT2D eigenvalue weighted by atomic mass is 32.1. The summed E-state index contributed by atoms with van der Waals surface area (Å²) in [6.07, 6.45) is 0.899. The Labute approximate surface area is 212 Å². The summed E-state index contributed by atoms with van der Waals surface area (Å²) >= 11 is 1.77. The van der Waals surface area contributed by atoms with Gasteiger partial charge in [-0.1, -0.05) is 18.2 Å². The number of fused-ring (bicyclic) bond motifs is 1. The summed E-state index contributed by atoms with van der Waals surface area (Å²) in [5.41, 5.74) is 2.52. The largest absolute Gasteiger partial charge is 0.490 e. The van der Waals surface area contributed by atoms with Gasteiger partial charge in [0.1, 0.15) is 11.4 Å². The number of hydrogen-bond donors (Lipinski definition) is 1. The van der Waals surface area contributed by atoms with Gasteiger partial charge in [0.05, 0.1) is 0 Å². The predicted molar refractivity (Wildman–Crippen MR) is 130 cm³/mol. The van der Waals surface area contributed by atoms with E-state index in [-0.39, 0.29) is 11.5 Å². The molecule has 2 fully saturated rings. The summed E-state index contributed by atoms with van der Waals surface area (Å²) in [7, 11) is 0. The van der Waals surface area contributed by atoms with Crippen molar-refractivity contribution < 1.29 is 32.6 Å². The van der Waals surface area contributed by atoms with Crippen molar-refractivity contribution in [2.45, 2.75) is 62.8 Å². The molecular weight excluding hydrogens is 493 g/mol. The molecule has 3 aliphatic rings. The number of benzene rings is 1. The van der Waals surface area contributed by atoms with Crippen LogP contribution < -0.4 is 4.74 Å². The first-order chi connectivity index (χ1) is 17.2. The molecule has 0 bridgehead atoms. The van der Waals surface area contributed by atoms with Crippen molar-refractivity contribution in [1.29, 1.82) is 0 Å². The summed E-state index contributed by atoms with van der Waals surface area (Å²) in [5, 5.41) is 11.5. The molecule has 0 saturated carbocycles. The fraction of sp³-hybridized carbons (Fsp3) is 0.538. The number of carbonyl (C=O) groups is 2. The molecule has 36 heavy (non-hydrogen) atoms. The van der Waals surface area contributed by atoms with E-state index in [0.717, 1.165) is 70.6 Å². The topological polar surface area (TPSA) is 70.1 Å². The van der Waals surface area contributed by atoms with Crippen LogP contribution in [0.4, 0.5) is 13.2 Å². The molecule has 3 aliphatic heterocycles. The van der Waals surface area contributed by atoms with Crippen molar-refractivity contribution in [3.8, 4) is 5.75 Å². The summed E-state index contributed by atoms with van der Waals surface area (Å²) in [5.74, 6) is -1.15. The van der Waals surface area contributed by atoms with Crippen molar-refractivity contribution >= 4 is 23.2 Å². The van der Waals surface area contributed by atoms with Crippen molar-refractivity contribution in [2.75, 3.05) is 26.2 Å². The maximum absolute atomic E-state index is 12.9. The zero-order chi connectivity index (χ0) is 25.8. The van der Waals surface area contributed by atoms with E-state index in [1.807, 2.05) is 0 Å². The minimum Gasteiger partial charge on any atom is -0.487 e. The second-order valence-electron chi connectivity index (χ2n) is 9.73. The first kappa shape index (κ1) is 26.5. The van der Waals surface area contributed by atoms with E-state index in [1.54, 1.807) is 11.3 Å². The number of rotatable bonds is 4. The maximum atomic E-state index is 12.9. The normalized spacial score (nSPS) is 21.3. The number of amides is 1. The lowest BCUT2D eigenvalue weighted by atomic mass is 9.76. The number of halogens is 3.